The van der Waals surface area contributed by atoms with E-state index >= 15 is 0 Å². The molecule has 0 fully saturated rings. The molecule has 2 heterocycles. The van der Waals surface area contributed by atoms with E-state index in [1.165, 1.54) is 17.0 Å². The van der Waals surface area contributed by atoms with Crippen molar-refractivity contribution in [2.45, 2.75) is 6.54 Å². The summed E-state index contributed by atoms with van der Waals surface area (Å²) in [5, 5.41) is 11.2. The minimum absolute atomic E-state index is 0.307. The van der Waals surface area contributed by atoms with Crippen LogP contribution in [0.3, 0.4) is 0 Å². The van der Waals surface area contributed by atoms with Gasteiger partial charge in [-0.25, -0.2) is 0 Å². The van der Waals surface area contributed by atoms with Crippen LogP contribution in [0.4, 0.5) is 5.69 Å². The molecule has 0 bridgehead atoms. The zero-order valence-electron chi connectivity index (χ0n) is 9.12. The molecule has 0 saturated heterocycles. The van der Waals surface area contributed by atoms with E-state index in [2.05, 4.69) is 4.98 Å². The van der Waals surface area contributed by atoms with Gasteiger partial charge in [-0.1, -0.05) is 11.6 Å². The number of hydrogen-bond donors (Lipinski definition) is 0. The molecule has 0 atom stereocenters. The van der Waals surface area contributed by atoms with Crippen LogP contribution >= 0.6 is 11.6 Å². The Hall–Kier alpha value is -2.21. The van der Waals surface area contributed by atoms with Crippen molar-refractivity contribution in [1.29, 1.82) is 0 Å². The van der Waals surface area contributed by atoms with Gasteiger partial charge in [-0.2, -0.15) is 0 Å². The third-order valence-electron chi connectivity index (χ3n) is 2.28. The highest BCUT2D eigenvalue weighted by Crippen LogP contribution is 2.10. The van der Waals surface area contributed by atoms with Crippen LogP contribution in [0.25, 0.3) is 0 Å². The number of halogens is 1. The Bertz CT molecular complexity index is 654. The number of nitrogens with zero attached hydrogens (tertiary/aromatic N) is 3. The molecule has 2 aromatic heterocycles. The molecule has 0 aliphatic heterocycles. The molecule has 7 heteroatoms. The van der Waals surface area contributed by atoms with Crippen molar-refractivity contribution in [3.05, 3.63) is 67.8 Å². The minimum atomic E-state index is -0.704. The van der Waals surface area contributed by atoms with E-state index in [-0.39, 0.29) is 0 Å². The SMILES string of the molecule is O=c1ccn(Cc2cc(Cl)ccn2)cc1[N+](=O)[O-]. The molecule has 2 rings (SSSR count). The second kappa shape index (κ2) is 4.97. The van der Waals surface area contributed by atoms with Crippen molar-refractivity contribution in [2.75, 3.05) is 0 Å². The summed E-state index contributed by atoms with van der Waals surface area (Å²) in [6, 6.07) is 4.45. The lowest BCUT2D eigenvalue weighted by Gasteiger charge is -2.05. The van der Waals surface area contributed by atoms with E-state index in [1.54, 1.807) is 18.3 Å². The van der Waals surface area contributed by atoms with Gasteiger partial charge in [0.2, 0.25) is 0 Å². The van der Waals surface area contributed by atoms with Crippen molar-refractivity contribution in [3.8, 4) is 0 Å². The van der Waals surface area contributed by atoms with Crippen molar-refractivity contribution < 1.29 is 4.92 Å². The normalized spacial score (nSPS) is 10.3. The van der Waals surface area contributed by atoms with Crippen LogP contribution in [-0.4, -0.2) is 14.5 Å². The van der Waals surface area contributed by atoms with Crippen molar-refractivity contribution in [2.24, 2.45) is 0 Å². The molecule has 2 aromatic rings. The number of hydrogen-bond acceptors (Lipinski definition) is 4. The van der Waals surface area contributed by atoms with E-state index < -0.39 is 16.0 Å². The Kier molecular flexibility index (Phi) is 3.38. The van der Waals surface area contributed by atoms with Gasteiger partial charge in [0.25, 0.3) is 5.43 Å². The monoisotopic (exact) mass is 265 g/mol. The van der Waals surface area contributed by atoms with Gasteiger partial charge < -0.3 is 4.57 Å². The fourth-order valence-corrected chi connectivity index (χ4v) is 1.65. The Balaban J connectivity index is 2.33. The summed E-state index contributed by atoms with van der Waals surface area (Å²) in [5.74, 6) is 0. The summed E-state index contributed by atoms with van der Waals surface area (Å²) in [6.07, 6.45) is 4.21. The molecule has 0 aromatic carbocycles. The molecule has 92 valence electrons. The molecule has 0 N–H and O–H groups in total. The van der Waals surface area contributed by atoms with Crippen LogP contribution in [0.1, 0.15) is 5.69 Å². The van der Waals surface area contributed by atoms with E-state index in [0.29, 0.717) is 17.3 Å². The largest absolute Gasteiger partial charge is 0.342 e. The molecule has 0 aliphatic rings. The number of aromatic nitrogens is 2. The molecule has 0 aliphatic carbocycles. The second-order valence-corrected chi connectivity index (χ2v) is 4.03. The standard InChI is InChI=1S/C11H8ClN3O3/c12-8-1-3-13-9(5-8)6-14-4-2-11(16)10(7-14)15(17)18/h1-5,7H,6H2. The molecule has 18 heavy (non-hydrogen) atoms. The zero-order chi connectivity index (χ0) is 13.1. The first-order valence-corrected chi connectivity index (χ1v) is 5.39. The first kappa shape index (κ1) is 12.3. The van der Waals surface area contributed by atoms with Gasteiger partial charge in [-0.3, -0.25) is 19.9 Å². The van der Waals surface area contributed by atoms with Gasteiger partial charge in [-0.05, 0) is 12.1 Å². The van der Waals surface area contributed by atoms with Crippen LogP contribution in [0.15, 0.2) is 41.6 Å². The predicted molar refractivity (Wildman–Crippen MR) is 65.7 cm³/mol. The fourth-order valence-electron chi connectivity index (χ4n) is 1.47. The Labute approximate surface area is 107 Å². The topological polar surface area (TPSA) is 78.0 Å². The third-order valence-corrected chi connectivity index (χ3v) is 2.51. The smallest absolute Gasteiger partial charge is 0.332 e. The van der Waals surface area contributed by atoms with Crippen LogP contribution in [0, 0.1) is 10.1 Å². The van der Waals surface area contributed by atoms with Crippen LogP contribution in [0.5, 0.6) is 0 Å². The van der Waals surface area contributed by atoms with Gasteiger partial charge in [0, 0.05) is 23.5 Å². The molecule has 0 radical (unpaired) electrons. The molecule has 0 amide bonds. The number of rotatable bonds is 3. The van der Waals surface area contributed by atoms with Gasteiger partial charge in [0.15, 0.2) is 0 Å². The second-order valence-electron chi connectivity index (χ2n) is 3.59. The van der Waals surface area contributed by atoms with Crippen molar-refractivity contribution in [1.82, 2.24) is 9.55 Å². The fraction of sp³-hybridized carbons (Fsp3) is 0.0909. The lowest BCUT2D eigenvalue weighted by molar-refractivity contribution is -0.386. The summed E-state index contributed by atoms with van der Waals surface area (Å²) < 4.78 is 1.51. The maximum absolute atomic E-state index is 11.2. The molecular weight excluding hydrogens is 258 g/mol. The van der Waals surface area contributed by atoms with Crippen LogP contribution in [0.2, 0.25) is 5.02 Å². The molecule has 0 saturated carbocycles. The first-order chi connectivity index (χ1) is 8.56. The van der Waals surface area contributed by atoms with E-state index in [9.17, 15) is 14.9 Å². The molecule has 0 spiro atoms. The quantitative estimate of drug-likeness (QED) is 0.627. The number of pyridine rings is 2. The first-order valence-electron chi connectivity index (χ1n) is 5.01. The van der Waals surface area contributed by atoms with E-state index in [0.717, 1.165) is 6.07 Å². The van der Waals surface area contributed by atoms with Crippen LogP contribution in [-0.2, 0) is 6.54 Å². The summed E-state index contributed by atoms with van der Waals surface area (Å²) in [4.78, 5) is 25.2. The lowest BCUT2D eigenvalue weighted by atomic mass is 10.3. The highest BCUT2D eigenvalue weighted by molar-refractivity contribution is 6.30. The maximum atomic E-state index is 11.2. The number of nitro groups is 1. The summed E-state index contributed by atoms with van der Waals surface area (Å²) in [5.41, 5.74) is -0.421. The average molecular weight is 266 g/mol. The highest BCUT2D eigenvalue weighted by atomic mass is 35.5. The van der Waals surface area contributed by atoms with Crippen molar-refractivity contribution >= 4 is 17.3 Å². The van der Waals surface area contributed by atoms with Gasteiger partial charge in [-0.15, -0.1) is 0 Å². The Morgan fingerprint density at radius 2 is 2.22 bits per heavy atom. The summed E-state index contributed by atoms with van der Waals surface area (Å²) in [6.45, 7) is 0.307. The third kappa shape index (κ3) is 2.72. The van der Waals surface area contributed by atoms with E-state index in [4.69, 9.17) is 11.6 Å². The summed E-state index contributed by atoms with van der Waals surface area (Å²) >= 11 is 5.81. The highest BCUT2D eigenvalue weighted by Gasteiger charge is 2.11. The van der Waals surface area contributed by atoms with Gasteiger partial charge in [0.1, 0.15) is 0 Å². The lowest BCUT2D eigenvalue weighted by Crippen LogP contribution is -2.11. The van der Waals surface area contributed by atoms with Gasteiger partial charge in [0.05, 0.1) is 23.4 Å². The Morgan fingerprint density at radius 1 is 1.44 bits per heavy atom. The Morgan fingerprint density at radius 3 is 2.89 bits per heavy atom. The molecule has 6 nitrogen and oxygen atoms in total. The summed E-state index contributed by atoms with van der Waals surface area (Å²) in [7, 11) is 0. The average Bonchev–Trinajstić information content (AvgIpc) is 2.31. The zero-order valence-corrected chi connectivity index (χ0v) is 9.87. The predicted octanol–water partition coefficient (Wildman–Crippen LogP) is 1.85. The minimum Gasteiger partial charge on any atom is -0.342 e. The molecular formula is C11H8ClN3O3. The maximum Gasteiger partial charge on any atom is 0.332 e. The molecule has 0 unspecified atom stereocenters. The van der Waals surface area contributed by atoms with E-state index in [1.807, 2.05) is 0 Å². The van der Waals surface area contributed by atoms with Crippen LogP contribution < -0.4 is 5.43 Å². The van der Waals surface area contributed by atoms with Crippen molar-refractivity contribution in [3.63, 3.8) is 0 Å². The van der Waals surface area contributed by atoms with Gasteiger partial charge >= 0.3 is 5.69 Å².